The summed E-state index contributed by atoms with van der Waals surface area (Å²) >= 11 is 0. The third kappa shape index (κ3) is 7.36. The molecule has 1 amide bonds. The van der Waals surface area contributed by atoms with E-state index in [4.69, 9.17) is 9.47 Å². The smallest absolute Gasteiger partial charge is 0.410 e. The first-order valence-corrected chi connectivity index (χ1v) is 14.8. The number of hydrogen-bond donors (Lipinski definition) is 1. The SMILES string of the molecule is Cc1c(OCCN(CCCF)C(=O)OC(C)(C)C)ccc(F)c1C1c2[nH]c3ccc(F)cc3c2CCN1C[C@@H](C)P. The van der Waals surface area contributed by atoms with Gasteiger partial charge in [-0.25, -0.2) is 13.6 Å². The topological polar surface area (TPSA) is 57.8 Å². The summed E-state index contributed by atoms with van der Waals surface area (Å²) in [6.45, 7) is 10.7. The number of benzene rings is 2. The molecule has 0 radical (unpaired) electrons. The van der Waals surface area contributed by atoms with Gasteiger partial charge >= 0.3 is 6.09 Å². The fourth-order valence-corrected chi connectivity index (χ4v) is 5.78. The molecule has 1 N–H and O–H groups in total. The van der Waals surface area contributed by atoms with Crippen molar-refractivity contribution in [2.24, 2.45) is 0 Å². The maximum atomic E-state index is 15.7. The quantitative estimate of drug-likeness (QED) is 0.260. The van der Waals surface area contributed by atoms with Crippen molar-refractivity contribution in [3.05, 3.63) is 64.4 Å². The lowest BCUT2D eigenvalue weighted by molar-refractivity contribution is 0.0221. The van der Waals surface area contributed by atoms with Crippen LogP contribution in [0.3, 0.4) is 0 Å². The van der Waals surface area contributed by atoms with E-state index >= 15 is 4.39 Å². The van der Waals surface area contributed by atoms with Gasteiger partial charge in [0.05, 0.1) is 19.3 Å². The number of amides is 1. The van der Waals surface area contributed by atoms with Crippen LogP contribution in [0.15, 0.2) is 30.3 Å². The lowest BCUT2D eigenvalue weighted by Crippen LogP contribution is -2.40. The van der Waals surface area contributed by atoms with Crippen molar-refractivity contribution in [3.63, 3.8) is 0 Å². The molecule has 2 unspecified atom stereocenters. The van der Waals surface area contributed by atoms with Crippen molar-refractivity contribution in [2.45, 2.75) is 64.8 Å². The van der Waals surface area contributed by atoms with Gasteiger partial charge in [-0.1, -0.05) is 6.92 Å². The summed E-state index contributed by atoms with van der Waals surface area (Å²) in [4.78, 5) is 19.8. The molecule has 0 fully saturated rings. The van der Waals surface area contributed by atoms with Crippen molar-refractivity contribution in [3.8, 4) is 5.75 Å². The van der Waals surface area contributed by atoms with Gasteiger partial charge in [0.2, 0.25) is 0 Å². The van der Waals surface area contributed by atoms with Gasteiger partial charge in [-0.3, -0.25) is 9.29 Å². The van der Waals surface area contributed by atoms with E-state index in [0.717, 1.165) is 35.1 Å². The van der Waals surface area contributed by atoms with Crippen LogP contribution in [0.1, 0.15) is 62.5 Å². The average molecular weight is 592 g/mol. The van der Waals surface area contributed by atoms with E-state index in [2.05, 4.69) is 26.0 Å². The van der Waals surface area contributed by atoms with Gasteiger partial charge in [-0.05, 0) is 87.7 Å². The Morgan fingerprint density at radius 2 is 1.98 bits per heavy atom. The van der Waals surface area contributed by atoms with E-state index in [-0.39, 0.29) is 43.4 Å². The van der Waals surface area contributed by atoms with Gasteiger partial charge in [0.25, 0.3) is 0 Å². The number of aromatic nitrogens is 1. The van der Waals surface area contributed by atoms with Gasteiger partial charge in [0.15, 0.2) is 0 Å². The van der Waals surface area contributed by atoms with E-state index in [0.29, 0.717) is 23.4 Å². The van der Waals surface area contributed by atoms with Crippen LogP contribution in [-0.4, -0.2) is 71.6 Å². The highest BCUT2D eigenvalue weighted by molar-refractivity contribution is 7.17. The minimum absolute atomic E-state index is 0.130. The predicted molar refractivity (Wildman–Crippen MR) is 160 cm³/mol. The van der Waals surface area contributed by atoms with Gasteiger partial charge in [-0.2, -0.15) is 0 Å². The Morgan fingerprint density at radius 1 is 1.22 bits per heavy atom. The monoisotopic (exact) mass is 591 g/mol. The second-order valence-corrected chi connectivity index (χ2v) is 12.9. The summed E-state index contributed by atoms with van der Waals surface area (Å²) in [5, 5.41) is 0.824. The van der Waals surface area contributed by atoms with Crippen LogP contribution in [0.25, 0.3) is 10.9 Å². The van der Waals surface area contributed by atoms with Gasteiger partial charge in [0, 0.05) is 41.8 Å². The Morgan fingerprint density at radius 3 is 2.66 bits per heavy atom. The lowest BCUT2D eigenvalue weighted by Gasteiger charge is -2.38. The number of hydrogen-bond acceptors (Lipinski definition) is 4. The van der Waals surface area contributed by atoms with Crippen LogP contribution < -0.4 is 4.74 Å². The number of H-pyrrole nitrogens is 1. The highest BCUT2D eigenvalue weighted by Gasteiger charge is 2.35. The van der Waals surface area contributed by atoms with Gasteiger partial charge in [0.1, 0.15) is 29.6 Å². The van der Waals surface area contributed by atoms with Crippen molar-refractivity contribution in [2.75, 3.05) is 39.5 Å². The molecule has 1 aliphatic heterocycles. The van der Waals surface area contributed by atoms with Crippen LogP contribution in [0, 0.1) is 18.6 Å². The summed E-state index contributed by atoms with van der Waals surface area (Å²) < 4.78 is 54.3. The zero-order valence-corrected chi connectivity index (χ0v) is 25.7. The summed E-state index contributed by atoms with van der Waals surface area (Å²) in [6, 6.07) is 7.29. The fraction of sp³-hybridized carbons (Fsp3) is 0.516. The van der Waals surface area contributed by atoms with Crippen molar-refractivity contribution in [1.29, 1.82) is 0 Å². The predicted octanol–water partition coefficient (Wildman–Crippen LogP) is 6.94. The second-order valence-electron chi connectivity index (χ2n) is 11.8. The first-order chi connectivity index (χ1) is 19.4. The van der Waals surface area contributed by atoms with Crippen LogP contribution in [0.5, 0.6) is 5.75 Å². The molecule has 41 heavy (non-hydrogen) atoms. The lowest BCUT2D eigenvalue weighted by atomic mass is 9.89. The minimum atomic E-state index is -0.679. The maximum Gasteiger partial charge on any atom is 0.410 e. The van der Waals surface area contributed by atoms with E-state index in [1.807, 2.05) is 6.92 Å². The molecule has 0 spiro atoms. The Kier molecular flexibility index (Phi) is 9.91. The number of carbonyl (C=O) groups is 1. The molecule has 10 heteroatoms. The standard InChI is InChI=1S/C31H41F3N3O3P/c1-19(41)18-37-14-11-22-23-17-21(33)7-9-25(23)35-28(22)29(37)27-20(2)26(10-8-24(27)34)39-16-15-36(13-6-12-32)30(38)40-31(3,4)5/h7-10,17,19,29,35H,6,11-16,18,41H2,1-5H3/t19-,29?/m1/s1. The Bertz CT molecular complexity index is 1370. The van der Waals surface area contributed by atoms with Gasteiger partial charge in [-0.15, -0.1) is 9.24 Å². The molecule has 6 nitrogen and oxygen atoms in total. The first kappa shape index (κ1) is 31.2. The molecule has 3 atom stereocenters. The number of carbonyl (C=O) groups excluding carboxylic acids is 1. The number of halogens is 3. The average Bonchev–Trinajstić information content (AvgIpc) is 3.24. The summed E-state index contributed by atoms with van der Waals surface area (Å²) in [7, 11) is 2.81. The number of nitrogens with zero attached hydrogens (tertiary/aromatic N) is 2. The highest BCUT2D eigenvalue weighted by Crippen LogP contribution is 2.42. The first-order valence-electron chi connectivity index (χ1n) is 14.1. The van der Waals surface area contributed by atoms with E-state index in [1.54, 1.807) is 32.9 Å². The Hall–Kier alpha value is -2.77. The molecule has 3 aromatic rings. The third-order valence-electron chi connectivity index (χ3n) is 7.23. The maximum absolute atomic E-state index is 15.7. The zero-order valence-electron chi connectivity index (χ0n) is 24.5. The number of alkyl halides is 1. The molecule has 0 aliphatic carbocycles. The minimum Gasteiger partial charge on any atom is -0.491 e. The normalized spacial score (nSPS) is 16.5. The summed E-state index contributed by atoms with van der Waals surface area (Å²) in [6.07, 6.45) is 0.391. The fourth-order valence-electron chi connectivity index (χ4n) is 5.51. The van der Waals surface area contributed by atoms with Crippen LogP contribution in [-0.2, 0) is 11.2 Å². The molecule has 2 aromatic carbocycles. The van der Waals surface area contributed by atoms with Crippen LogP contribution in [0.4, 0.5) is 18.0 Å². The molecule has 0 saturated heterocycles. The Balaban J connectivity index is 1.64. The van der Waals surface area contributed by atoms with Crippen LogP contribution in [0.2, 0.25) is 0 Å². The number of nitrogens with one attached hydrogen (secondary N) is 1. The molecule has 0 saturated carbocycles. The van der Waals surface area contributed by atoms with Gasteiger partial charge < -0.3 is 19.4 Å². The number of fused-ring (bicyclic) bond motifs is 3. The molecule has 0 bridgehead atoms. The largest absolute Gasteiger partial charge is 0.491 e. The third-order valence-corrected chi connectivity index (χ3v) is 7.44. The zero-order chi connectivity index (χ0) is 29.9. The molecule has 4 rings (SSSR count). The summed E-state index contributed by atoms with van der Waals surface area (Å²) in [5.74, 6) is -0.150. The second kappa shape index (κ2) is 13.0. The van der Waals surface area contributed by atoms with E-state index in [1.165, 1.54) is 23.1 Å². The van der Waals surface area contributed by atoms with Crippen molar-refractivity contribution >= 4 is 26.2 Å². The number of aromatic amines is 1. The summed E-state index contributed by atoms with van der Waals surface area (Å²) in [5.41, 5.74) is 3.44. The molecular weight excluding hydrogens is 550 g/mol. The molecular formula is C31H41F3N3O3P. The van der Waals surface area contributed by atoms with Crippen molar-refractivity contribution in [1.82, 2.24) is 14.8 Å². The molecule has 1 aliphatic rings. The number of ether oxygens (including phenoxy) is 2. The van der Waals surface area contributed by atoms with E-state index in [9.17, 15) is 13.6 Å². The Labute approximate surface area is 242 Å². The van der Waals surface area contributed by atoms with E-state index < -0.39 is 24.4 Å². The highest BCUT2D eigenvalue weighted by atomic mass is 31.0. The molecule has 224 valence electrons. The van der Waals surface area contributed by atoms with Crippen LogP contribution >= 0.6 is 9.24 Å². The van der Waals surface area contributed by atoms with Crippen molar-refractivity contribution < 1.29 is 27.4 Å². The molecule has 1 aromatic heterocycles. The number of rotatable bonds is 10. The molecule has 2 heterocycles.